The van der Waals surface area contributed by atoms with Gasteiger partial charge < -0.3 is 5.32 Å². The van der Waals surface area contributed by atoms with Crippen molar-refractivity contribution in [3.8, 4) is 0 Å². The summed E-state index contributed by atoms with van der Waals surface area (Å²) in [5.74, 6) is 0.979. The summed E-state index contributed by atoms with van der Waals surface area (Å²) in [5.41, 5.74) is 0. The molecule has 0 radical (unpaired) electrons. The summed E-state index contributed by atoms with van der Waals surface area (Å²) in [6, 6.07) is 0.806. The van der Waals surface area contributed by atoms with E-state index in [0.29, 0.717) is 5.37 Å². The molecule has 3 atom stereocenters. The third kappa shape index (κ3) is 1.73. The zero-order valence-electron chi connectivity index (χ0n) is 6.92. The second kappa shape index (κ2) is 3.36. The highest BCUT2D eigenvalue weighted by Gasteiger charge is 2.29. The van der Waals surface area contributed by atoms with Gasteiger partial charge >= 0.3 is 0 Å². The Labute approximate surface area is 74.4 Å². The molecule has 64 valence electrons. The molecule has 0 aromatic heterocycles. The first-order valence-corrected chi connectivity index (χ1v) is 5.32. The molecule has 1 aliphatic heterocycles. The van der Waals surface area contributed by atoms with Crippen molar-refractivity contribution in [2.45, 2.75) is 49.9 Å². The molecular weight excluding hydrogens is 154 g/mol. The van der Waals surface area contributed by atoms with Gasteiger partial charge in [-0.05, 0) is 31.6 Å². The second-order valence-electron chi connectivity index (χ2n) is 3.91. The lowest BCUT2D eigenvalue weighted by atomic mass is 9.79. The van der Waals surface area contributed by atoms with Crippen molar-refractivity contribution in [3.05, 3.63) is 0 Å². The minimum atomic E-state index is 0.481. The molecule has 0 aromatic rings. The van der Waals surface area contributed by atoms with Crippen LogP contribution >= 0.6 is 12.6 Å². The molecule has 0 spiro atoms. The number of rotatable bonds is 0. The number of nitrogens with one attached hydrogen (secondary N) is 1. The van der Waals surface area contributed by atoms with E-state index < -0.39 is 0 Å². The van der Waals surface area contributed by atoms with Crippen molar-refractivity contribution in [2.75, 3.05) is 0 Å². The van der Waals surface area contributed by atoms with Gasteiger partial charge in [0.05, 0.1) is 5.37 Å². The minimum absolute atomic E-state index is 0.481. The molecule has 2 fully saturated rings. The maximum atomic E-state index is 4.47. The van der Waals surface area contributed by atoms with Gasteiger partial charge in [-0.25, -0.2) is 0 Å². The summed E-state index contributed by atoms with van der Waals surface area (Å²) < 4.78 is 0. The number of piperidine rings is 1. The average molecular weight is 171 g/mol. The number of thiol groups is 1. The van der Waals surface area contributed by atoms with Gasteiger partial charge in [-0.3, -0.25) is 0 Å². The molecule has 0 aromatic carbocycles. The standard InChI is InChI=1S/C9H17NS/c11-9-6-5-7-3-1-2-4-8(7)10-9/h7-11H,1-6H2. The Kier molecular flexibility index (Phi) is 2.42. The van der Waals surface area contributed by atoms with Crippen molar-refractivity contribution in [1.29, 1.82) is 0 Å². The molecule has 2 aliphatic rings. The van der Waals surface area contributed by atoms with Gasteiger partial charge in [0.15, 0.2) is 0 Å². The molecule has 2 heteroatoms. The van der Waals surface area contributed by atoms with Crippen LogP contribution in [0.15, 0.2) is 0 Å². The van der Waals surface area contributed by atoms with Crippen molar-refractivity contribution >= 4 is 12.6 Å². The topological polar surface area (TPSA) is 12.0 Å². The molecule has 1 aliphatic carbocycles. The van der Waals surface area contributed by atoms with Crippen LogP contribution in [-0.4, -0.2) is 11.4 Å². The Morgan fingerprint density at radius 3 is 2.73 bits per heavy atom. The van der Waals surface area contributed by atoms with Gasteiger partial charge in [0.2, 0.25) is 0 Å². The van der Waals surface area contributed by atoms with Crippen molar-refractivity contribution < 1.29 is 0 Å². The quantitative estimate of drug-likeness (QED) is 0.532. The second-order valence-corrected chi connectivity index (χ2v) is 4.53. The van der Waals surface area contributed by atoms with Crippen LogP contribution in [0.5, 0.6) is 0 Å². The van der Waals surface area contributed by atoms with E-state index in [9.17, 15) is 0 Å². The van der Waals surface area contributed by atoms with Crippen LogP contribution in [0.2, 0.25) is 0 Å². The predicted molar refractivity (Wildman–Crippen MR) is 50.9 cm³/mol. The monoisotopic (exact) mass is 171 g/mol. The molecule has 1 heterocycles. The van der Waals surface area contributed by atoms with E-state index in [-0.39, 0.29) is 0 Å². The molecule has 0 amide bonds. The van der Waals surface area contributed by atoms with Crippen LogP contribution in [0.25, 0.3) is 0 Å². The molecule has 1 nitrogen and oxygen atoms in total. The van der Waals surface area contributed by atoms with Gasteiger partial charge in [-0.2, -0.15) is 12.6 Å². The van der Waals surface area contributed by atoms with Gasteiger partial charge in [0, 0.05) is 6.04 Å². The maximum Gasteiger partial charge on any atom is 0.0504 e. The highest BCUT2D eigenvalue weighted by molar-refractivity contribution is 7.80. The molecule has 2 rings (SSSR count). The van der Waals surface area contributed by atoms with Crippen LogP contribution in [-0.2, 0) is 0 Å². The summed E-state index contributed by atoms with van der Waals surface area (Å²) in [4.78, 5) is 0. The van der Waals surface area contributed by atoms with Crippen molar-refractivity contribution in [2.24, 2.45) is 5.92 Å². The Balaban J connectivity index is 1.93. The minimum Gasteiger partial charge on any atom is -0.302 e. The highest BCUT2D eigenvalue weighted by Crippen LogP contribution is 2.32. The third-order valence-corrected chi connectivity index (χ3v) is 3.53. The third-order valence-electron chi connectivity index (χ3n) is 3.13. The first kappa shape index (κ1) is 7.93. The zero-order chi connectivity index (χ0) is 7.68. The molecule has 0 bridgehead atoms. The molecule has 11 heavy (non-hydrogen) atoms. The van der Waals surface area contributed by atoms with E-state index in [1.807, 2.05) is 0 Å². The van der Waals surface area contributed by atoms with Gasteiger partial charge in [0.25, 0.3) is 0 Å². The molecular formula is C9H17NS. The van der Waals surface area contributed by atoms with E-state index in [1.54, 1.807) is 0 Å². The zero-order valence-corrected chi connectivity index (χ0v) is 7.82. The van der Waals surface area contributed by atoms with Crippen LogP contribution in [0.1, 0.15) is 38.5 Å². The first-order valence-electron chi connectivity index (χ1n) is 4.80. The van der Waals surface area contributed by atoms with Crippen LogP contribution < -0.4 is 5.32 Å². The summed E-state index contributed by atoms with van der Waals surface area (Å²) in [5, 5.41) is 4.06. The average Bonchev–Trinajstić information content (AvgIpc) is 2.04. The lowest BCUT2D eigenvalue weighted by Crippen LogP contribution is -2.46. The highest BCUT2D eigenvalue weighted by atomic mass is 32.1. The van der Waals surface area contributed by atoms with E-state index in [1.165, 1.54) is 38.5 Å². The predicted octanol–water partition coefficient (Wildman–Crippen LogP) is 2.18. The normalized spacial score (nSPS) is 45.0. The molecule has 1 saturated heterocycles. The molecule has 1 N–H and O–H groups in total. The van der Waals surface area contributed by atoms with Crippen LogP contribution in [0, 0.1) is 5.92 Å². The fraction of sp³-hybridized carbons (Fsp3) is 1.00. The summed E-state index contributed by atoms with van der Waals surface area (Å²) in [6.07, 6.45) is 8.41. The smallest absolute Gasteiger partial charge is 0.0504 e. The fourth-order valence-corrected chi connectivity index (χ4v) is 2.82. The fourth-order valence-electron chi connectivity index (χ4n) is 2.47. The number of hydrogen-bond acceptors (Lipinski definition) is 2. The maximum absolute atomic E-state index is 4.47. The Bertz CT molecular complexity index is 138. The Morgan fingerprint density at radius 2 is 1.82 bits per heavy atom. The summed E-state index contributed by atoms with van der Waals surface area (Å²) >= 11 is 4.47. The summed E-state index contributed by atoms with van der Waals surface area (Å²) in [7, 11) is 0. The van der Waals surface area contributed by atoms with Gasteiger partial charge in [0.1, 0.15) is 0 Å². The largest absolute Gasteiger partial charge is 0.302 e. The van der Waals surface area contributed by atoms with Crippen LogP contribution in [0.3, 0.4) is 0 Å². The Morgan fingerprint density at radius 1 is 1.00 bits per heavy atom. The van der Waals surface area contributed by atoms with E-state index in [0.717, 1.165) is 12.0 Å². The number of hydrogen-bond donors (Lipinski definition) is 2. The van der Waals surface area contributed by atoms with E-state index in [4.69, 9.17) is 0 Å². The van der Waals surface area contributed by atoms with Gasteiger partial charge in [-0.15, -0.1) is 0 Å². The Hall–Kier alpha value is 0.310. The van der Waals surface area contributed by atoms with E-state index >= 15 is 0 Å². The number of fused-ring (bicyclic) bond motifs is 1. The van der Waals surface area contributed by atoms with E-state index in [2.05, 4.69) is 17.9 Å². The lowest BCUT2D eigenvalue weighted by Gasteiger charge is -2.38. The first-order chi connectivity index (χ1) is 5.36. The van der Waals surface area contributed by atoms with Crippen LogP contribution in [0.4, 0.5) is 0 Å². The lowest BCUT2D eigenvalue weighted by molar-refractivity contribution is 0.203. The van der Waals surface area contributed by atoms with Crippen molar-refractivity contribution in [3.63, 3.8) is 0 Å². The molecule has 3 unspecified atom stereocenters. The van der Waals surface area contributed by atoms with Crippen molar-refractivity contribution in [1.82, 2.24) is 5.32 Å². The molecule has 1 saturated carbocycles. The SMILES string of the molecule is SC1CCC2CCCCC2N1. The summed E-state index contributed by atoms with van der Waals surface area (Å²) in [6.45, 7) is 0. The van der Waals surface area contributed by atoms with Gasteiger partial charge in [-0.1, -0.05) is 12.8 Å².